The van der Waals surface area contributed by atoms with Crippen molar-refractivity contribution in [3.05, 3.63) is 0 Å². The van der Waals surface area contributed by atoms with E-state index in [-0.39, 0.29) is 0 Å². The Morgan fingerprint density at radius 1 is 1.56 bits per heavy atom. The van der Waals surface area contributed by atoms with Crippen molar-refractivity contribution in [2.75, 3.05) is 13.1 Å². The summed E-state index contributed by atoms with van der Waals surface area (Å²) in [6, 6.07) is -0.429. The summed E-state index contributed by atoms with van der Waals surface area (Å²) in [5, 5.41) is 19.2. The lowest BCUT2D eigenvalue weighted by Crippen LogP contribution is -2.52. The van der Waals surface area contributed by atoms with Crippen LogP contribution in [0.25, 0.3) is 0 Å². The van der Waals surface area contributed by atoms with Gasteiger partial charge in [0.05, 0.1) is 5.60 Å². The number of rotatable bonds is 4. The highest BCUT2D eigenvalue weighted by Gasteiger charge is 2.34. The van der Waals surface area contributed by atoms with E-state index in [1.807, 2.05) is 11.8 Å². The number of nitrogens with zero attached hydrogens (tertiary/aromatic N) is 1. The molecule has 4 heteroatoms. The minimum Gasteiger partial charge on any atom is -0.480 e. The van der Waals surface area contributed by atoms with Crippen molar-refractivity contribution in [2.45, 2.75) is 51.7 Å². The number of piperidine rings is 1. The molecule has 0 spiro atoms. The molecule has 0 aromatic rings. The zero-order chi connectivity index (χ0) is 12.3. The van der Waals surface area contributed by atoms with Crippen LogP contribution >= 0.6 is 0 Å². The van der Waals surface area contributed by atoms with Gasteiger partial charge in [0.15, 0.2) is 0 Å². The minimum absolute atomic E-state index is 0.429. The van der Waals surface area contributed by atoms with Crippen LogP contribution < -0.4 is 0 Å². The van der Waals surface area contributed by atoms with E-state index in [0.717, 1.165) is 13.0 Å². The lowest BCUT2D eigenvalue weighted by Gasteiger charge is -2.39. The van der Waals surface area contributed by atoms with Crippen LogP contribution in [0.2, 0.25) is 0 Å². The molecule has 0 aromatic carbocycles. The largest absolute Gasteiger partial charge is 0.480 e. The number of hydrogen-bond acceptors (Lipinski definition) is 3. The third kappa shape index (κ3) is 3.46. The maximum atomic E-state index is 11.2. The highest BCUT2D eigenvalue weighted by Crippen LogP contribution is 2.25. The SMILES string of the molecule is CCC(C)(O)CN1CCC(C)CC1C(=O)O. The molecule has 2 N–H and O–H groups in total. The summed E-state index contributed by atoms with van der Waals surface area (Å²) in [6.45, 7) is 7.00. The van der Waals surface area contributed by atoms with Gasteiger partial charge in [0.2, 0.25) is 0 Å². The summed E-state index contributed by atoms with van der Waals surface area (Å²) in [6.07, 6.45) is 2.35. The van der Waals surface area contributed by atoms with Gasteiger partial charge in [-0.25, -0.2) is 0 Å². The fourth-order valence-corrected chi connectivity index (χ4v) is 2.19. The Morgan fingerprint density at radius 2 is 2.19 bits per heavy atom. The van der Waals surface area contributed by atoms with E-state index < -0.39 is 17.6 Å². The average Bonchev–Trinajstić information content (AvgIpc) is 2.20. The summed E-state index contributed by atoms with van der Waals surface area (Å²) in [5.74, 6) is -0.303. The van der Waals surface area contributed by atoms with Crippen LogP contribution in [0.5, 0.6) is 0 Å². The average molecular weight is 229 g/mol. The van der Waals surface area contributed by atoms with Crippen molar-refractivity contribution in [3.63, 3.8) is 0 Å². The van der Waals surface area contributed by atoms with E-state index in [9.17, 15) is 15.0 Å². The molecule has 0 bridgehead atoms. The first kappa shape index (κ1) is 13.5. The number of carboxylic acid groups (broad SMARTS) is 1. The van der Waals surface area contributed by atoms with Crippen LogP contribution in [0.15, 0.2) is 0 Å². The second-order valence-corrected chi connectivity index (χ2v) is 5.30. The standard InChI is InChI=1S/C12H23NO3/c1-4-12(3,16)8-13-6-5-9(2)7-10(13)11(14)15/h9-10,16H,4-8H2,1-3H3,(H,14,15). The molecule has 0 aromatic heterocycles. The quantitative estimate of drug-likeness (QED) is 0.763. The van der Waals surface area contributed by atoms with Gasteiger partial charge in [-0.15, -0.1) is 0 Å². The summed E-state index contributed by atoms with van der Waals surface area (Å²) in [7, 11) is 0. The monoisotopic (exact) mass is 229 g/mol. The summed E-state index contributed by atoms with van der Waals surface area (Å²) in [4.78, 5) is 13.1. The fourth-order valence-electron chi connectivity index (χ4n) is 2.19. The molecule has 94 valence electrons. The molecule has 1 heterocycles. The molecule has 1 aliphatic rings. The zero-order valence-corrected chi connectivity index (χ0v) is 10.4. The molecule has 0 radical (unpaired) electrons. The van der Waals surface area contributed by atoms with Gasteiger partial charge in [-0.2, -0.15) is 0 Å². The topological polar surface area (TPSA) is 60.8 Å². The van der Waals surface area contributed by atoms with Crippen molar-refractivity contribution in [1.29, 1.82) is 0 Å². The predicted octanol–water partition coefficient (Wildman–Crippen LogP) is 1.33. The molecule has 0 aliphatic carbocycles. The van der Waals surface area contributed by atoms with Gasteiger partial charge in [0.1, 0.15) is 6.04 Å². The Morgan fingerprint density at radius 3 is 2.69 bits per heavy atom. The lowest BCUT2D eigenvalue weighted by molar-refractivity contribution is -0.147. The van der Waals surface area contributed by atoms with E-state index in [1.165, 1.54) is 0 Å². The molecule has 4 nitrogen and oxygen atoms in total. The smallest absolute Gasteiger partial charge is 0.320 e. The van der Waals surface area contributed by atoms with Gasteiger partial charge in [-0.3, -0.25) is 9.69 Å². The Labute approximate surface area is 97.3 Å². The zero-order valence-electron chi connectivity index (χ0n) is 10.4. The lowest BCUT2D eigenvalue weighted by atomic mass is 9.90. The first-order valence-corrected chi connectivity index (χ1v) is 6.05. The molecular weight excluding hydrogens is 206 g/mol. The Bertz CT molecular complexity index is 253. The third-order valence-corrected chi connectivity index (χ3v) is 3.57. The molecule has 3 atom stereocenters. The van der Waals surface area contributed by atoms with E-state index in [0.29, 0.717) is 25.3 Å². The number of hydrogen-bond donors (Lipinski definition) is 2. The Kier molecular flexibility index (Phi) is 4.33. The van der Waals surface area contributed by atoms with Gasteiger partial charge < -0.3 is 10.2 Å². The van der Waals surface area contributed by atoms with Crippen molar-refractivity contribution in [3.8, 4) is 0 Å². The highest BCUT2D eigenvalue weighted by atomic mass is 16.4. The molecule has 1 aliphatic heterocycles. The summed E-state index contributed by atoms with van der Waals surface area (Å²) >= 11 is 0. The first-order chi connectivity index (χ1) is 7.35. The van der Waals surface area contributed by atoms with Crippen molar-refractivity contribution >= 4 is 5.97 Å². The van der Waals surface area contributed by atoms with Crippen LogP contribution in [0, 0.1) is 5.92 Å². The van der Waals surface area contributed by atoms with E-state index in [2.05, 4.69) is 6.92 Å². The van der Waals surface area contributed by atoms with Crippen LogP contribution in [-0.2, 0) is 4.79 Å². The molecule has 0 amide bonds. The Balaban J connectivity index is 2.66. The van der Waals surface area contributed by atoms with Gasteiger partial charge in [-0.1, -0.05) is 13.8 Å². The fraction of sp³-hybridized carbons (Fsp3) is 0.917. The van der Waals surface area contributed by atoms with Gasteiger partial charge >= 0.3 is 5.97 Å². The van der Waals surface area contributed by atoms with Gasteiger partial charge in [0, 0.05) is 6.54 Å². The summed E-state index contributed by atoms with van der Waals surface area (Å²) in [5.41, 5.74) is -0.783. The van der Waals surface area contributed by atoms with Crippen LogP contribution in [0.3, 0.4) is 0 Å². The number of likely N-dealkylation sites (tertiary alicyclic amines) is 1. The Hall–Kier alpha value is -0.610. The molecule has 0 saturated carbocycles. The third-order valence-electron chi connectivity index (χ3n) is 3.57. The number of aliphatic carboxylic acids is 1. The van der Waals surface area contributed by atoms with Gasteiger partial charge in [0.25, 0.3) is 0 Å². The maximum absolute atomic E-state index is 11.2. The second-order valence-electron chi connectivity index (χ2n) is 5.30. The molecule has 16 heavy (non-hydrogen) atoms. The maximum Gasteiger partial charge on any atom is 0.320 e. The van der Waals surface area contributed by atoms with E-state index in [1.54, 1.807) is 6.92 Å². The molecular formula is C12H23NO3. The molecule has 3 unspecified atom stereocenters. The predicted molar refractivity (Wildman–Crippen MR) is 62.3 cm³/mol. The second kappa shape index (κ2) is 5.15. The molecule has 1 rings (SSSR count). The molecule has 1 saturated heterocycles. The van der Waals surface area contributed by atoms with Crippen molar-refractivity contribution in [1.82, 2.24) is 4.90 Å². The first-order valence-electron chi connectivity index (χ1n) is 6.05. The number of β-amino-alcohol motifs (C(OH)–C–C–N with tert-alkyl or cyclic N) is 1. The van der Waals surface area contributed by atoms with E-state index in [4.69, 9.17) is 0 Å². The van der Waals surface area contributed by atoms with Crippen LogP contribution in [-0.4, -0.2) is 45.8 Å². The number of aliphatic hydroxyl groups is 1. The number of carboxylic acids is 1. The van der Waals surface area contributed by atoms with Crippen molar-refractivity contribution < 1.29 is 15.0 Å². The minimum atomic E-state index is -0.783. The van der Waals surface area contributed by atoms with Crippen LogP contribution in [0.1, 0.15) is 40.0 Å². The van der Waals surface area contributed by atoms with E-state index >= 15 is 0 Å². The normalized spacial score (nSPS) is 31.0. The molecule has 1 fully saturated rings. The number of carbonyl (C=O) groups is 1. The van der Waals surface area contributed by atoms with Gasteiger partial charge in [-0.05, 0) is 38.6 Å². The highest BCUT2D eigenvalue weighted by molar-refractivity contribution is 5.73. The van der Waals surface area contributed by atoms with Crippen molar-refractivity contribution in [2.24, 2.45) is 5.92 Å². The van der Waals surface area contributed by atoms with Crippen LogP contribution in [0.4, 0.5) is 0 Å². The summed E-state index contributed by atoms with van der Waals surface area (Å²) < 4.78 is 0.